The zero-order valence-corrected chi connectivity index (χ0v) is 17.3. The maximum absolute atomic E-state index is 13.2. The van der Waals surface area contributed by atoms with Crippen LogP contribution in [0.5, 0.6) is 0 Å². The standard InChI is InChI=1S/C19H31N3O3S/c1-13-12-14(2)17(5)19(16(13)4)26(24,25)22-10-8-21(9-11-22)18(23)7-6-15(3)20/h12,15H,6-11,20H2,1-5H3. The van der Waals surface area contributed by atoms with Gasteiger partial charge in [-0.2, -0.15) is 4.31 Å². The topological polar surface area (TPSA) is 83.7 Å². The minimum Gasteiger partial charge on any atom is -0.340 e. The number of carbonyl (C=O) groups is 1. The van der Waals surface area contributed by atoms with Gasteiger partial charge in [0.15, 0.2) is 0 Å². The van der Waals surface area contributed by atoms with E-state index < -0.39 is 10.0 Å². The second-order valence-electron chi connectivity index (χ2n) is 7.39. The number of benzene rings is 1. The van der Waals surface area contributed by atoms with Crippen molar-refractivity contribution >= 4 is 15.9 Å². The van der Waals surface area contributed by atoms with E-state index in [1.165, 1.54) is 4.31 Å². The number of sulfonamides is 1. The summed E-state index contributed by atoms with van der Waals surface area (Å²) in [4.78, 5) is 14.4. The Morgan fingerprint density at radius 3 is 2.04 bits per heavy atom. The maximum atomic E-state index is 13.2. The first-order chi connectivity index (χ1) is 12.1. The monoisotopic (exact) mass is 381 g/mol. The lowest BCUT2D eigenvalue weighted by atomic mass is 10.0. The summed E-state index contributed by atoms with van der Waals surface area (Å²) in [7, 11) is -3.57. The molecule has 0 spiro atoms. The van der Waals surface area contributed by atoms with Crippen molar-refractivity contribution in [2.75, 3.05) is 26.2 Å². The zero-order chi connectivity index (χ0) is 19.6. The van der Waals surface area contributed by atoms with Gasteiger partial charge in [-0.3, -0.25) is 4.79 Å². The number of rotatable bonds is 5. The molecular weight excluding hydrogens is 350 g/mol. The minimum absolute atomic E-state index is 0.00359. The Kier molecular flexibility index (Phi) is 6.47. The first-order valence-electron chi connectivity index (χ1n) is 9.16. The van der Waals surface area contributed by atoms with E-state index in [4.69, 9.17) is 5.73 Å². The number of aryl methyl sites for hydroxylation is 2. The van der Waals surface area contributed by atoms with Crippen LogP contribution < -0.4 is 5.73 Å². The zero-order valence-electron chi connectivity index (χ0n) is 16.5. The van der Waals surface area contributed by atoms with E-state index in [2.05, 4.69) is 0 Å². The molecule has 26 heavy (non-hydrogen) atoms. The van der Waals surface area contributed by atoms with Gasteiger partial charge in [-0.15, -0.1) is 0 Å². The number of hydrogen-bond donors (Lipinski definition) is 1. The fourth-order valence-electron chi connectivity index (χ4n) is 3.38. The molecule has 1 heterocycles. The van der Waals surface area contributed by atoms with Crippen molar-refractivity contribution < 1.29 is 13.2 Å². The summed E-state index contributed by atoms with van der Waals surface area (Å²) in [5.41, 5.74) is 9.29. The van der Waals surface area contributed by atoms with Gasteiger partial charge in [-0.1, -0.05) is 6.07 Å². The molecule has 0 aromatic heterocycles. The lowest BCUT2D eigenvalue weighted by Gasteiger charge is -2.35. The summed E-state index contributed by atoms with van der Waals surface area (Å²) < 4.78 is 28.0. The van der Waals surface area contributed by atoms with E-state index in [1.807, 2.05) is 40.7 Å². The van der Waals surface area contributed by atoms with E-state index in [0.29, 0.717) is 43.9 Å². The van der Waals surface area contributed by atoms with Crippen molar-refractivity contribution in [1.82, 2.24) is 9.21 Å². The molecule has 146 valence electrons. The third-order valence-electron chi connectivity index (χ3n) is 5.30. The second-order valence-corrected chi connectivity index (χ2v) is 9.27. The molecule has 1 aromatic carbocycles. The van der Waals surface area contributed by atoms with Gasteiger partial charge >= 0.3 is 0 Å². The molecule has 0 saturated carbocycles. The van der Waals surface area contributed by atoms with Crippen molar-refractivity contribution in [2.45, 2.75) is 58.4 Å². The van der Waals surface area contributed by atoms with Gasteiger partial charge in [0.25, 0.3) is 0 Å². The molecule has 6 nitrogen and oxygen atoms in total. The molecule has 1 aliphatic heterocycles. The molecule has 0 radical (unpaired) electrons. The summed E-state index contributed by atoms with van der Waals surface area (Å²) in [5.74, 6) is 0.0538. The van der Waals surface area contributed by atoms with E-state index in [0.717, 1.165) is 22.3 Å². The molecular formula is C19H31N3O3S. The highest BCUT2D eigenvalue weighted by Crippen LogP contribution is 2.29. The van der Waals surface area contributed by atoms with Crippen LogP contribution in [-0.2, 0) is 14.8 Å². The molecule has 1 aliphatic rings. The smallest absolute Gasteiger partial charge is 0.243 e. The van der Waals surface area contributed by atoms with Crippen LogP contribution >= 0.6 is 0 Å². The van der Waals surface area contributed by atoms with Crippen molar-refractivity contribution in [1.29, 1.82) is 0 Å². The normalized spacial score (nSPS) is 17.4. The van der Waals surface area contributed by atoms with Crippen LogP contribution in [0.15, 0.2) is 11.0 Å². The molecule has 0 bridgehead atoms. The average molecular weight is 382 g/mol. The third kappa shape index (κ3) is 4.27. The second kappa shape index (κ2) is 8.06. The van der Waals surface area contributed by atoms with E-state index in [-0.39, 0.29) is 11.9 Å². The predicted octanol–water partition coefficient (Wildman–Crippen LogP) is 1.88. The minimum atomic E-state index is -3.57. The summed E-state index contributed by atoms with van der Waals surface area (Å²) >= 11 is 0. The number of hydrogen-bond acceptors (Lipinski definition) is 4. The molecule has 1 amide bonds. The lowest BCUT2D eigenvalue weighted by molar-refractivity contribution is -0.132. The van der Waals surface area contributed by atoms with Crippen molar-refractivity contribution in [2.24, 2.45) is 5.73 Å². The Bertz CT molecular complexity index is 753. The van der Waals surface area contributed by atoms with Crippen LogP contribution in [0.25, 0.3) is 0 Å². The summed E-state index contributed by atoms with van der Waals surface area (Å²) in [5, 5.41) is 0. The van der Waals surface area contributed by atoms with Gasteiger partial charge in [-0.05, 0) is 63.3 Å². The van der Waals surface area contributed by atoms with E-state index in [1.54, 1.807) is 4.90 Å². The molecule has 1 unspecified atom stereocenters. The molecule has 2 rings (SSSR count). The third-order valence-corrected chi connectivity index (χ3v) is 7.47. The van der Waals surface area contributed by atoms with Crippen LogP contribution in [0.3, 0.4) is 0 Å². The lowest BCUT2D eigenvalue weighted by Crippen LogP contribution is -2.50. The van der Waals surface area contributed by atoms with Gasteiger partial charge in [0.05, 0.1) is 4.90 Å². The molecule has 1 atom stereocenters. The Balaban J connectivity index is 2.15. The fraction of sp³-hybridized carbons (Fsp3) is 0.632. The fourth-order valence-corrected chi connectivity index (χ4v) is 5.38. The Morgan fingerprint density at radius 2 is 1.58 bits per heavy atom. The SMILES string of the molecule is Cc1cc(C)c(C)c(S(=O)(=O)N2CCN(C(=O)CCC(C)N)CC2)c1C. The molecule has 1 fully saturated rings. The number of nitrogens with zero attached hydrogens (tertiary/aromatic N) is 2. The molecule has 0 aliphatic carbocycles. The highest BCUT2D eigenvalue weighted by molar-refractivity contribution is 7.89. The van der Waals surface area contributed by atoms with E-state index in [9.17, 15) is 13.2 Å². The quantitative estimate of drug-likeness (QED) is 0.844. The highest BCUT2D eigenvalue weighted by Gasteiger charge is 2.32. The van der Waals surface area contributed by atoms with Crippen LogP contribution in [0.1, 0.15) is 42.0 Å². The summed E-state index contributed by atoms with van der Waals surface area (Å²) in [6, 6.07) is 2.02. The largest absolute Gasteiger partial charge is 0.340 e. The van der Waals surface area contributed by atoms with Crippen LogP contribution in [-0.4, -0.2) is 55.8 Å². The Labute approximate surface area is 157 Å². The molecule has 1 saturated heterocycles. The molecule has 2 N–H and O–H groups in total. The first kappa shape index (κ1) is 20.9. The van der Waals surface area contributed by atoms with Crippen molar-refractivity contribution in [3.8, 4) is 0 Å². The maximum Gasteiger partial charge on any atom is 0.243 e. The van der Waals surface area contributed by atoms with Gasteiger partial charge in [-0.25, -0.2) is 8.42 Å². The number of amides is 1. The summed E-state index contributed by atoms with van der Waals surface area (Å²) in [6.07, 6.45) is 1.07. The Morgan fingerprint density at radius 1 is 1.08 bits per heavy atom. The number of piperazine rings is 1. The van der Waals surface area contributed by atoms with Gasteiger partial charge in [0, 0.05) is 38.6 Å². The number of carbonyl (C=O) groups excluding carboxylic acids is 1. The highest BCUT2D eigenvalue weighted by atomic mass is 32.2. The van der Waals surface area contributed by atoms with Crippen LogP contribution in [0.4, 0.5) is 0 Å². The number of nitrogens with two attached hydrogens (primary N) is 1. The summed E-state index contributed by atoms with van der Waals surface area (Å²) in [6.45, 7) is 11.0. The Hall–Kier alpha value is -1.44. The van der Waals surface area contributed by atoms with Crippen molar-refractivity contribution in [3.63, 3.8) is 0 Å². The predicted molar refractivity (Wildman–Crippen MR) is 104 cm³/mol. The van der Waals surface area contributed by atoms with Gasteiger partial charge in [0.1, 0.15) is 0 Å². The van der Waals surface area contributed by atoms with Crippen LogP contribution in [0.2, 0.25) is 0 Å². The molecule has 1 aromatic rings. The average Bonchev–Trinajstić information content (AvgIpc) is 2.58. The van der Waals surface area contributed by atoms with Crippen LogP contribution in [0, 0.1) is 27.7 Å². The molecule has 7 heteroatoms. The van der Waals surface area contributed by atoms with Crippen molar-refractivity contribution in [3.05, 3.63) is 28.3 Å². The van der Waals surface area contributed by atoms with Gasteiger partial charge < -0.3 is 10.6 Å². The first-order valence-corrected chi connectivity index (χ1v) is 10.6. The van der Waals surface area contributed by atoms with E-state index >= 15 is 0 Å². The van der Waals surface area contributed by atoms with Gasteiger partial charge in [0.2, 0.25) is 15.9 Å².